The van der Waals surface area contributed by atoms with Gasteiger partial charge in [-0.1, -0.05) is 36.9 Å². The fourth-order valence-corrected chi connectivity index (χ4v) is 1.96. The largest absolute Gasteiger partial charge is 0.480 e. The lowest BCUT2D eigenvalue weighted by molar-refractivity contribution is -0.141. The molecule has 1 rings (SSSR count). The minimum Gasteiger partial charge on any atom is -0.480 e. The highest BCUT2D eigenvalue weighted by Crippen LogP contribution is 2.13. The van der Waals surface area contributed by atoms with Crippen LogP contribution in [0.1, 0.15) is 18.1 Å². The first-order chi connectivity index (χ1) is 9.99. The van der Waals surface area contributed by atoms with E-state index in [4.69, 9.17) is 19.7 Å². The van der Waals surface area contributed by atoms with E-state index in [0.717, 1.165) is 17.1 Å². The predicted molar refractivity (Wildman–Crippen MR) is 84.0 cm³/mol. The Labute approximate surface area is 128 Å². The number of aliphatic hydroxyl groups excluding tert-OH is 1. The van der Waals surface area contributed by atoms with Crippen molar-refractivity contribution in [2.45, 2.75) is 12.7 Å². The molecule has 5 nitrogen and oxygen atoms in total. The molecular formula is C15H20O5S. The first kappa shape index (κ1) is 19.2. The molecule has 0 fully saturated rings. The summed E-state index contributed by atoms with van der Waals surface area (Å²) in [5.41, 5.74) is 2.41. The standard InChI is InChI=1S/C13H16O2S.C2H4O3/c1-3-12-4-6-13(7-5-12)10-16-9-8-15-11(2)14;3-1-2(4)5/h3-7H,1,8-10H2,2H3;3H,1H2,(H,4,5). The van der Waals surface area contributed by atoms with Gasteiger partial charge in [0.15, 0.2) is 0 Å². The van der Waals surface area contributed by atoms with Gasteiger partial charge in [-0.25, -0.2) is 4.79 Å². The van der Waals surface area contributed by atoms with Gasteiger partial charge in [-0.15, -0.1) is 0 Å². The Morgan fingerprint density at radius 3 is 2.33 bits per heavy atom. The Kier molecular flexibility index (Phi) is 11.0. The van der Waals surface area contributed by atoms with Crippen molar-refractivity contribution in [1.82, 2.24) is 0 Å². The summed E-state index contributed by atoms with van der Waals surface area (Å²) in [6.45, 7) is 4.85. The fourth-order valence-electron chi connectivity index (χ4n) is 1.18. The number of carbonyl (C=O) groups is 2. The maximum absolute atomic E-state index is 10.5. The molecule has 1 aromatic carbocycles. The van der Waals surface area contributed by atoms with Crippen molar-refractivity contribution in [2.24, 2.45) is 0 Å². The summed E-state index contributed by atoms with van der Waals surface area (Å²) in [7, 11) is 0. The van der Waals surface area contributed by atoms with Crippen LogP contribution in [-0.2, 0) is 20.1 Å². The van der Waals surface area contributed by atoms with Gasteiger partial charge in [0.05, 0.1) is 0 Å². The van der Waals surface area contributed by atoms with E-state index >= 15 is 0 Å². The normalized spacial score (nSPS) is 9.24. The van der Waals surface area contributed by atoms with Crippen LogP contribution in [0.4, 0.5) is 0 Å². The number of esters is 1. The molecule has 0 atom stereocenters. The van der Waals surface area contributed by atoms with Gasteiger partial charge in [-0.2, -0.15) is 11.8 Å². The van der Waals surface area contributed by atoms with Crippen molar-refractivity contribution in [3.8, 4) is 0 Å². The summed E-state index contributed by atoms with van der Waals surface area (Å²) >= 11 is 1.76. The lowest BCUT2D eigenvalue weighted by Crippen LogP contribution is -2.02. The van der Waals surface area contributed by atoms with E-state index in [1.807, 2.05) is 6.08 Å². The van der Waals surface area contributed by atoms with Crippen LogP contribution >= 0.6 is 11.8 Å². The van der Waals surface area contributed by atoms with Gasteiger partial charge in [0.1, 0.15) is 13.2 Å². The summed E-state index contributed by atoms with van der Waals surface area (Å²) < 4.78 is 4.84. The highest BCUT2D eigenvalue weighted by Gasteiger charge is 1.95. The van der Waals surface area contributed by atoms with Gasteiger partial charge in [0.25, 0.3) is 0 Å². The van der Waals surface area contributed by atoms with Gasteiger partial charge < -0.3 is 14.9 Å². The van der Waals surface area contributed by atoms with E-state index in [1.54, 1.807) is 11.8 Å². The number of hydrogen-bond donors (Lipinski definition) is 2. The molecule has 0 spiro atoms. The molecule has 0 aliphatic carbocycles. The van der Waals surface area contributed by atoms with Gasteiger partial charge in [-0.3, -0.25) is 4.79 Å². The summed E-state index contributed by atoms with van der Waals surface area (Å²) in [5, 5.41) is 15.0. The third-order valence-electron chi connectivity index (χ3n) is 2.15. The Morgan fingerprint density at radius 1 is 1.33 bits per heavy atom. The number of benzene rings is 1. The highest BCUT2D eigenvalue weighted by molar-refractivity contribution is 7.98. The van der Waals surface area contributed by atoms with E-state index < -0.39 is 12.6 Å². The third-order valence-corrected chi connectivity index (χ3v) is 3.15. The van der Waals surface area contributed by atoms with Crippen molar-refractivity contribution < 1.29 is 24.5 Å². The van der Waals surface area contributed by atoms with E-state index in [2.05, 4.69) is 30.8 Å². The van der Waals surface area contributed by atoms with Crippen LogP contribution in [0.15, 0.2) is 30.8 Å². The van der Waals surface area contributed by atoms with Crippen LogP contribution in [0, 0.1) is 0 Å². The molecule has 0 aliphatic heterocycles. The van der Waals surface area contributed by atoms with Crippen molar-refractivity contribution >= 4 is 29.8 Å². The van der Waals surface area contributed by atoms with Crippen LogP contribution in [0.3, 0.4) is 0 Å². The average molecular weight is 312 g/mol. The molecule has 116 valence electrons. The lowest BCUT2D eigenvalue weighted by atomic mass is 10.1. The Bertz CT molecular complexity index is 442. The van der Waals surface area contributed by atoms with Crippen LogP contribution in [0.5, 0.6) is 0 Å². The number of ether oxygens (including phenoxy) is 1. The molecule has 2 N–H and O–H groups in total. The lowest BCUT2D eigenvalue weighted by Gasteiger charge is -2.03. The molecule has 0 aromatic heterocycles. The van der Waals surface area contributed by atoms with Crippen molar-refractivity contribution in [3.63, 3.8) is 0 Å². The molecular weight excluding hydrogens is 292 g/mol. The van der Waals surface area contributed by atoms with Crippen molar-refractivity contribution in [3.05, 3.63) is 42.0 Å². The number of thioether (sulfide) groups is 1. The molecule has 0 amide bonds. The Balaban J connectivity index is 0.000000690. The summed E-state index contributed by atoms with van der Waals surface area (Å²) in [4.78, 5) is 19.6. The number of rotatable bonds is 7. The minimum absolute atomic E-state index is 0.212. The Morgan fingerprint density at radius 2 is 1.90 bits per heavy atom. The number of carboxylic acid groups (broad SMARTS) is 1. The number of carboxylic acids is 1. The molecule has 6 heteroatoms. The number of aliphatic carboxylic acids is 1. The van der Waals surface area contributed by atoms with Gasteiger partial charge in [0.2, 0.25) is 0 Å². The van der Waals surface area contributed by atoms with Gasteiger partial charge in [-0.05, 0) is 11.1 Å². The minimum atomic E-state index is -1.19. The van der Waals surface area contributed by atoms with Crippen molar-refractivity contribution in [1.29, 1.82) is 0 Å². The fraction of sp³-hybridized carbons (Fsp3) is 0.333. The Hall–Kier alpha value is -1.79. The summed E-state index contributed by atoms with van der Waals surface area (Å²) in [6.07, 6.45) is 1.83. The quantitative estimate of drug-likeness (QED) is 0.593. The number of aliphatic hydroxyl groups is 1. The second-order valence-corrected chi connectivity index (χ2v) is 5.00. The van der Waals surface area contributed by atoms with E-state index in [1.165, 1.54) is 12.5 Å². The smallest absolute Gasteiger partial charge is 0.329 e. The topological polar surface area (TPSA) is 83.8 Å². The SMILES string of the molecule is C=Cc1ccc(CSCCOC(C)=O)cc1.O=C(O)CO. The maximum Gasteiger partial charge on any atom is 0.329 e. The molecule has 1 aromatic rings. The zero-order valence-electron chi connectivity index (χ0n) is 11.9. The monoisotopic (exact) mass is 312 g/mol. The molecule has 0 heterocycles. The molecule has 0 bridgehead atoms. The van der Waals surface area contributed by atoms with E-state index in [9.17, 15) is 4.79 Å². The highest BCUT2D eigenvalue weighted by atomic mass is 32.2. The second-order valence-electron chi connectivity index (χ2n) is 3.89. The van der Waals surface area contributed by atoms with Crippen LogP contribution in [-0.4, -0.2) is 41.1 Å². The molecule has 21 heavy (non-hydrogen) atoms. The van der Waals surface area contributed by atoms with Gasteiger partial charge in [0, 0.05) is 18.4 Å². The van der Waals surface area contributed by atoms with E-state index in [0.29, 0.717) is 6.61 Å². The predicted octanol–water partition coefficient (Wildman–Crippen LogP) is 2.19. The average Bonchev–Trinajstić information content (AvgIpc) is 2.48. The summed E-state index contributed by atoms with van der Waals surface area (Å²) in [5.74, 6) is 0.377. The van der Waals surface area contributed by atoms with Gasteiger partial charge >= 0.3 is 11.9 Å². The molecule has 0 unspecified atom stereocenters. The van der Waals surface area contributed by atoms with Crippen LogP contribution in [0.25, 0.3) is 6.08 Å². The first-order valence-corrected chi connectivity index (χ1v) is 7.40. The summed E-state index contributed by atoms with van der Waals surface area (Å²) in [6, 6.07) is 8.29. The zero-order valence-corrected chi connectivity index (χ0v) is 12.8. The zero-order chi connectivity index (χ0) is 16.1. The van der Waals surface area contributed by atoms with E-state index in [-0.39, 0.29) is 5.97 Å². The van der Waals surface area contributed by atoms with Crippen LogP contribution in [0.2, 0.25) is 0 Å². The molecule has 0 saturated heterocycles. The maximum atomic E-state index is 10.5. The third kappa shape index (κ3) is 11.7. The number of carbonyl (C=O) groups excluding carboxylic acids is 1. The van der Waals surface area contributed by atoms with Crippen molar-refractivity contribution in [2.75, 3.05) is 19.0 Å². The molecule has 0 aliphatic rings. The molecule has 0 saturated carbocycles. The van der Waals surface area contributed by atoms with Crippen LogP contribution < -0.4 is 0 Å². The first-order valence-electron chi connectivity index (χ1n) is 6.24. The second kappa shape index (κ2) is 12.0. The molecule has 0 radical (unpaired) electrons. The number of hydrogen-bond acceptors (Lipinski definition) is 5.